The van der Waals surface area contributed by atoms with Gasteiger partial charge in [-0.2, -0.15) is 0 Å². The number of hydrazine groups is 1. The van der Waals surface area contributed by atoms with Crippen LogP contribution in [0.25, 0.3) is 0 Å². The number of hydrogen-bond donors (Lipinski definition) is 2. The zero-order chi connectivity index (χ0) is 14.5. The van der Waals surface area contributed by atoms with Crippen molar-refractivity contribution in [2.45, 2.75) is 32.9 Å². The highest BCUT2D eigenvalue weighted by Gasteiger charge is 2.18. The highest BCUT2D eigenvalue weighted by Crippen LogP contribution is 2.25. The molecule has 0 saturated heterocycles. The lowest BCUT2D eigenvalue weighted by Crippen LogP contribution is -2.31. The molecule has 1 unspecified atom stereocenters. The van der Waals surface area contributed by atoms with E-state index in [1.807, 2.05) is 31.5 Å². The van der Waals surface area contributed by atoms with Crippen LogP contribution in [0.15, 0.2) is 30.6 Å². The Morgan fingerprint density at radius 2 is 2.25 bits per heavy atom. The van der Waals surface area contributed by atoms with Crippen molar-refractivity contribution in [2.24, 2.45) is 5.84 Å². The summed E-state index contributed by atoms with van der Waals surface area (Å²) in [6, 6.07) is 5.93. The van der Waals surface area contributed by atoms with Crippen molar-refractivity contribution in [3.05, 3.63) is 47.5 Å². The largest absolute Gasteiger partial charge is 0.496 e. The van der Waals surface area contributed by atoms with E-state index in [-0.39, 0.29) is 6.04 Å². The molecule has 0 spiro atoms. The van der Waals surface area contributed by atoms with Crippen molar-refractivity contribution in [1.29, 1.82) is 0 Å². The highest BCUT2D eigenvalue weighted by molar-refractivity contribution is 5.39. The number of benzene rings is 1. The zero-order valence-corrected chi connectivity index (χ0v) is 12.3. The predicted octanol–water partition coefficient (Wildman–Crippen LogP) is 2.16. The summed E-state index contributed by atoms with van der Waals surface area (Å²) in [5, 5.41) is 0. The molecule has 1 aromatic carbocycles. The Balaban J connectivity index is 2.36. The van der Waals surface area contributed by atoms with Gasteiger partial charge in [-0.05, 0) is 30.5 Å². The van der Waals surface area contributed by atoms with Crippen LogP contribution in [-0.2, 0) is 6.54 Å². The summed E-state index contributed by atoms with van der Waals surface area (Å²) >= 11 is 0. The summed E-state index contributed by atoms with van der Waals surface area (Å²) in [5.74, 6) is 7.55. The van der Waals surface area contributed by atoms with Crippen LogP contribution in [0.3, 0.4) is 0 Å². The van der Waals surface area contributed by atoms with E-state index in [0.717, 1.165) is 35.7 Å². The molecule has 0 radical (unpaired) electrons. The van der Waals surface area contributed by atoms with Crippen molar-refractivity contribution in [1.82, 2.24) is 15.0 Å². The molecule has 2 aromatic rings. The summed E-state index contributed by atoms with van der Waals surface area (Å²) in [4.78, 5) is 4.44. The molecule has 2 rings (SSSR count). The topological polar surface area (TPSA) is 65.1 Å². The quantitative estimate of drug-likeness (QED) is 0.626. The lowest BCUT2D eigenvalue weighted by molar-refractivity contribution is 0.411. The van der Waals surface area contributed by atoms with E-state index in [0.29, 0.717) is 0 Å². The monoisotopic (exact) mass is 274 g/mol. The Morgan fingerprint density at radius 1 is 1.45 bits per heavy atom. The van der Waals surface area contributed by atoms with Gasteiger partial charge in [-0.15, -0.1) is 0 Å². The van der Waals surface area contributed by atoms with Gasteiger partial charge in [0.05, 0.1) is 7.11 Å². The molecule has 3 N–H and O–H groups in total. The first-order valence-electron chi connectivity index (χ1n) is 6.83. The molecule has 0 fully saturated rings. The van der Waals surface area contributed by atoms with Crippen LogP contribution >= 0.6 is 0 Å². The minimum absolute atomic E-state index is 0.124. The first-order valence-corrected chi connectivity index (χ1v) is 6.83. The number of rotatable bonds is 6. The van der Waals surface area contributed by atoms with E-state index < -0.39 is 0 Å². The van der Waals surface area contributed by atoms with E-state index in [2.05, 4.69) is 28.0 Å². The minimum Gasteiger partial charge on any atom is -0.496 e. The number of aromatic nitrogens is 2. The molecule has 5 nitrogen and oxygen atoms in total. The number of nitrogens with two attached hydrogens (primary N) is 1. The van der Waals surface area contributed by atoms with E-state index in [4.69, 9.17) is 10.6 Å². The van der Waals surface area contributed by atoms with Gasteiger partial charge in [-0.25, -0.2) is 10.4 Å². The van der Waals surface area contributed by atoms with Gasteiger partial charge in [0.25, 0.3) is 0 Å². The number of methoxy groups -OCH3 is 1. The summed E-state index contributed by atoms with van der Waals surface area (Å²) in [6.07, 6.45) is 4.85. The van der Waals surface area contributed by atoms with Crippen molar-refractivity contribution in [3.8, 4) is 5.75 Å². The minimum atomic E-state index is -0.124. The van der Waals surface area contributed by atoms with Gasteiger partial charge in [0.15, 0.2) is 0 Å². The molecule has 0 amide bonds. The van der Waals surface area contributed by atoms with Crippen molar-refractivity contribution < 1.29 is 4.74 Å². The summed E-state index contributed by atoms with van der Waals surface area (Å²) in [6.45, 7) is 5.10. The van der Waals surface area contributed by atoms with Crippen LogP contribution in [0.1, 0.15) is 36.3 Å². The number of imidazole rings is 1. The fraction of sp³-hybridized carbons (Fsp3) is 0.400. The van der Waals surface area contributed by atoms with E-state index in [9.17, 15) is 0 Å². The molecule has 0 aliphatic heterocycles. The maximum atomic E-state index is 5.75. The Bertz CT molecular complexity index is 565. The third-order valence-electron chi connectivity index (χ3n) is 3.39. The first kappa shape index (κ1) is 14.6. The van der Waals surface area contributed by atoms with Gasteiger partial charge in [0.1, 0.15) is 17.6 Å². The van der Waals surface area contributed by atoms with Gasteiger partial charge < -0.3 is 9.30 Å². The molecule has 1 aromatic heterocycles. The van der Waals surface area contributed by atoms with Crippen LogP contribution < -0.4 is 16.0 Å². The smallest absolute Gasteiger partial charge is 0.131 e. The number of ether oxygens (including phenoxy) is 1. The lowest BCUT2D eigenvalue weighted by Gasteiger charge is -2.19. The molecule has 108 valence electrons. The Morgan fingerprint density at radius 3 is 2.85 bits per heavy atom. The van der Waals surface area contributed by atoms with Crippen molar-refractivity contribution >= 4 is 0 Å². The molecule has 5 heteroatoms. The predicted molar refractivity (Wildman–Crippen MR) is 79.4 cm³/mol. The van der Waals surface area contributed by atoms with Crippen LogP contribution in [0.2, 0.25) is 0 Å². The van der Waals surface area contributed by atoms with Gasteiger partial charge >= 0.3 is 0 Å². The second-order valence-electron chi connectivity index (χ2n) is 4.81. The van der Waals surface area contributed by atoms with Crippen LogP contribution in [-0.4, -0.2) is 16.7 Å². The van der Waals surface area contributed by atoms with Gasteiger partial charge in [0.2, 0.25) is 0 Å². The Kier molecular flexibility index (Phi) is 4.76. The maximum Gasteiger partial charge on any atom is 0.131 e. The standard InChI is InChI=1S/C15H22N4O/c1-4-8-19-9-7-17-15(19)14(18-16)12-5-6-13(20-3)11(2)10-12/h5-7,9-10,14,18H,4,8,16H2,1-3H3. The Labute approximate surface area is 119 Å². The normalized spacial score (nSPS) is 12.4. The molecular formula is C15H22N4O. The lowest BCUT2D eigenvalue weighted by atomic mass is 10.0. The van der Waals surface area contributed by atoms with E-state index >= 15 is 0 Å². The fourth-order valence-corrected chi connectivity index (χ4v) is 2.41. The SMILES string of the molecule is CCCn1ccnc1C(NN)c1ccc(OC)c(C)c1. The molecule has 1 heterocycles. The first-order chi connectivity index (χ1) is 9.71. The number of nitrogens with one attached hydrogen (secondary N) is 1. The average molecular weight is 274 g/mol. The number of hydrogen-bond acceptors (Lipinski definition) is 4. The van der Waals surface area contributed by atoms with Crippen molar-refractivity contribution in [2.75, 3.05) is 7.11 Å². The molecule has 1 atom stereocenters. The maximum absolute atomic E-state index is 5.75. The average Bonchev–Trinajstić information content (AvgIpc) is 2.89. The second kappa shape index (κ2) is 6.54. The third-order valence-corrected chi connectivity index (χ3v) is 3.39. The van der Waals surface area contributed by atoms with Crippen LogP contribution in [0.4, 0.5) is 0 Å². The van der Waals surface area contributed by atoms with E-state index in [1.165, 1.54) is 0 Å². The van der Waals surface area contributed by atoms with Gasteiger partial charge in [-0.1, -0.05) is 19.1 Å². The Hall–Kier alpha value is -1.85. The number of nitrogens with zero attached hydrogens (tertiary/aromatic N) is 2. The summed E-state index contributed by atoms with van der Waals surface area (Å²) in [5.41, 5.74) is 5.02. The molecule has 0 bridgehead atoms. The van der Waals surface area contributed by atoms with Crippen LogP contribution in [0.5, 0.6) is 5.75 Å². The fourth-order valence-electron chi connectivity index (χ4n) is 2.41. The molecule has 0 aliphatic carbocycles. The second-order valence-corrected chi connectivity index (χ2v) is 4.81. The molecule has 0 aliphatic rings. The third kappa shape index (κ3) is 2.84. The van der Waals surface area contributed by atoms with E-state index in [1.54, 1.807) is 7.11 Å². The van der Waals surface area contributed by atoms with Gasteiger partial charge in [0, 0.05) is 18.9 Å². The van der Waals surface area contributed by atoms with Crippen molar-refractivity contribution in [3.63, 3.8) is 0 Å². The highest BCUT2D eigenvalue weighted by atomic mass is 16.5. The zero-order valence-electron chi connectivity index (χ0n) is 12.3. The summed E-state index contributed by atoms with van der Waals surface area (Å²) < 4.78 is 7.42. The number of aryl methyl sites for hydroxylation is 2. The molecule has 0 saturated carbocycles. The summed E-state index contributed by atoms with van der Waals surface area (Å²) in [7, 11) is 1.68. The molecule has 20 heavy (non-hydrogen) atoms. The molecular weight excluding hydrogens is 252 g/mol. The van der Waals surface area contributed by atoms with Gasteiger partial charge in [-0.3, -0.25) is 5.84 Å². The van der Waals surface area contributed by atoms with Crippen LogP contribution in [0, 0.1) is 6.92 Å².